The van der Waals surface area contributed by atoms with Crippen molar-refractivity contribution in [1.82, 2.24) is 14.5 Å². The van der Waals surface area contributed by atoms with Crippen LogP contribution >= 0.6 is 0 Å². The number of nitrogens with one attached hydrogen (secondary N) is 1. The Kier molecular flexibility index (Phi) is 8.16. The third-order valence-electron chi connectivity index (χ3n) is 6.10. The number of carbonyl (C=O) groups is 1. The number of amides is 1. The molecular weight excluding hydrogens is 502 g/mol. The van der Waals surface area contributed by atoms with E-state index in [1.54, 1.807) is 12.1 Å². The Labute approximate surface area is 223 Å². The minimum atomic E-state index is -3.98. The van der Waals surface area contributed by atoms with Crippen LogP contribution in [0.25, 0.3) is 16.8 Å². The number of sulfonamides is 1. The summed E-state index contributed by atoms with van der Waals surface area (Å²) in [5.41, 5.74) is 6.88. The summed E-state index contributed by atoms with van der Waals surface area (Å²) < 4.78 is 39.1. The average molecular weight is 534 g/mol. The average Bonchev–Trinajstić information content (AvgIpc) is 3.19. The number of rotatable bonds is 9. The van der Waals surface area contributed by atoms with Gasteiger partial charge in [0.05, 0.1) is 29.5 Å². The molecule has 0 aliphatic carbocycles. The second kappa shape index (κ2) is 11.5. The first-order chi connectivity index (χ1) is 18.2. The van der Waals surface area contributed by atoms with Gasteiger partial charge in [0.2, 0.25) is 0 Å². The lowest BCUT2D eigenvalue weighted by Crippen LogP contribution is -2.31. The maximum absolute atomic E-state index is 12.3. The van der Waals surface area contributed by atoms with E-state index in [2.05, 4.69) is 0 Å². The highest BCUT2D eigenvalue weighted by Gasteiger charge is 2.18. The van der Waals surface area contributed by atoms with Crippen LogP contribution < -0.4 is 9.46 Å². The number of aryl methyl sites for hydroxylation is 2. The minimum Gasteiger partial charge on any atom is -0.494 e. The van der Waals surface area contributed by atoms with Crippen molar-refractivity contribution in [3.05, 3.63) is 95.3 Å². The van der Waals surface area contributed by atoms with Gasteiger partial charge in [-0.2, -0.15) is 5.10 Å². The summed E-state index contributed by atoms with van der Waals surface area (Å²) in [4.78, 5) is 12.0. The fourth-order valence-electron chi connectivity index (χ4n) is 4.18. The molecule has 0 unspecified atom stereocenters. The number of benzene rings is 3. The highest BCUT2D eigenvalue weighted by Crippen LogP contribution is 2.30. The maximum atomic E-state index is 12.3. The lowest BCUT2D eigenvalue weighted by atomic mass is 10.0. The standard InChI is InChI=1S/C29H31N3O5S/c1-5-36-26-14-10-24(11-15-26)28-21(3)30-32(22(28)4)25-12-8-23(9-13-25)18-19-37-29(33)31-38(34,35)27-16-6-20(2)7-17-27/h6-17H,5,18-19H2,1-4H3,(H,31,33). The summed E-state index contributed by atoms with van der Waals surface area (Å²) in [6.07, 6.45) is -0.570. The van der Waals surface area contributed by atoms with E-state index in [-0.39, 0.29) is 11.5 Å². The van der Waals surface area contributed by atoms with Crippen LogP contribution in [0.3, 0.4) is 0 Å². The number of aromatic nitrogens is 2. The molecular formula is C29H31N3O5S. The van der Waals surface area contributed by atoms with Crippen LogP contribution in [0.5, 0.6) is 5.75 Å². The molecule has 4 aromatic rings. The Morgan fingerprint density at radius 3 is 2.21 bits per heavy atom. The second-order valence-corrected chi connectivity index (χ2v) is 10.6. The maximum Gasteiger partial charge on any atom is 0.421 e. The molecule has 0 saturated carbocycles. The van der Waals surface area contributed by atoms with Gasteiger partial charge in [0.25, 0.3) is 10.0 Å². The smallest absolute Gasteiger partial charge is 0.421 e. The second-order valence-electron chi connectivity index (χ2n) is 8.89. The van der Waals surface area contributed by atoms with Gasteiger partial charge < -0.3 is 9.47 Å². The molecule has 1 N–H and O–H groups in total. The highest BCUT2D eigenvalue weighted by molar-refractivity contribution is 7.90. The fourth-order valence-corrected chi connectivity index (χ4v) is 5.07. The Balaban J connectivity index is 1.36. The largest absolute Gasteiger partial charge is 0.494 e. The van der Waals surface area contributed by atoms with Crippen LogP contribution in [0, 0.1) is 20.8 Å². The topological polar surface area (TPSA) is 99.5 Å². The van der Waals surface area contributed by atoms with Gasteiger partial charge in [-0.25, -0.2) is 22.6 Å². The summed E-state index contributed by atoms with van der Waals surface area (Å²) >= 11 is 0. The van der Waals surface area contributed by atoms with E-state index in [4.69, 9.17) is 14.6 Å². The third-order valence-corrected chi connectivity index (χ3v) is 7.43. The van der Waals surface area contributed by atoms with Crippen molar-refractivity contribution in [2.75, 3.05) is 13.2 Å². The molecule has 0 bridgehead atoms. The van der Waals surface area contributed by atoms with Gasteiger partial charge >= 0.3 is 6.09 Å². The van der Waals surface area contributed by atoms with E-state index in [1.807, 2.05) is 85.6 Å². The lowest BCUT2D eigenvalue weighted by molar-refractivity contribution is 0.154. The van der Waals surface area contributed by atoms with Crippen LogP contribution in [0.15, 0.2) is 77.7 Å². The van der Waals surface area contributed by atoms with Crippen LogP contribution in [0.1, 0.15) is 29.4 Å². The SMILES string of the molecule is CCOc1ccc(-c2c(C)nn(-c3ccc(CCOC(=O)NS(=O)(=O)c4ccc(C)cc4)cc3)c2C)cc1. The number of hydrogen-bond acceptors (Lipinski definition) is 6. The number of ether oxygens (including phenoxy) is 2. The molecule has 9 heteroatoms. The highest BCUT2D eigenvalue weighted by atomic mass is 32.2. The zero-order chi connectivity index (χ0) is 27.3. The molecule has 0 saturated heterocycles. The van der Waals surface area contributed by atoms with Gasteiger partial charge in [0, 0.05) is 17.7 Å². The van der Waals surface area contributed by atoms with Gasteiger partial charge in [0.1, 0.15) is 5.75 Å². The van der Waals surface area contributed by atoms with Gasteiger partial charge in [-0.05, 0) is 75.2 Å². The first-order valence-corrected chi connectivity index (χ1v) is 13.8. The predicted molar refractivity (Wildman–Crippen MR) is 146 cm³/mol. The predicted octanol–water partition coefficient (Wildman–Crippen LogP) is 5.52. The van der Waals surface area contributed by atoms with Crippen LogP contribution in [0.2, 0.25) is 0 Å². The lowest BCUT2D eigenvalue weighted by Gasteiger charge is -2.09. The van der Waals surface area contributed by atoms with Crippen LogP contribution in [-0.4, -0.2) is 37.5 Å². The molecule has 1 aromatic heterocycles. The summed E-state index contributed by atoms with van der Waals surface area (Å²) in [6.45, 7) is 8.50. The summed E-state index contributed by atoms with van der Waals surface area (Å²) in [5.74, 6) is 0.837. The molecule has 38 heavy (non-hydrogen) atoms. The molecule has 8 nitrogen and oxygen atoms in total. The Morgan fingerprint density at radius 2 is 1.58 bits per heavy atom. The van der Waals surface area contributed by atoms with E-state index in [1.165, 1.54) is 12.1 Å². The van der Waals surface area contributed by atoms with Gasteiger partial charge in [-0.1, -0.05) is 42.0 Å². The van der Waals surface area contributed by atoms with E-state index < -0.39 is 16.1 Å². The van der Waals surface area contributed by atoms with Crippen molar-refractivity contribution >= 4 is 16.1 Å². The molecule has 0 radical (unpaired) electrons. The zero-order valence-corrected chi connectivity index (χ0v) is 22.7. The van der Waals surface area contributed by atoms with Crippen molar-refractivity contribution in [3.63, 3.8) is 0 Å². The van der Waals surface area contributed by atoms with Crippen molar-refractivity contribution in [1.29, 1.82) is 0 Å². The molecule has 0 spiro atoms. The molecule has 1 amide bonds. The Morgan fingerprint density at radius 1 is 0.921 bits per heavy atom. The quantitative estimate of drug-likeness (QED) is 0.304. The molecule has 0 atom stereocenters. The van der Waals surface area contributed by atoms with Crippen molar-refractivity contribution in [3.8, 4) is 22.6 Å². The summed E-state index contributed by atoms with van der Waals surface area (Å²) in [5, 5.41) is 4.75. The molecule has 0 aliphatic heterocycles. The van der Waals surface area contributed by atoms with Gasteiger partial charge in [-0.15, -0.1) is 0 Å². The van der Waals surface area contributed by atoms with Gasteiger partial charge in [0.15, 0.2) is 0 Å². The molecule has 3 aromatic carbocycles. The summed E-state index contributed by atoms with van der Waals surface area (Å²) in [6, 6.07) is 22.0. The minimum absolute atomic E-state index is 0.00507. The van der Waals surface area contributed by atoms with Crippen molar-refractivity contribution in [2.24, 2.45) is 0 Å². The van der Waals surface area contributed by atoms with E-state index in [0.717, 1.165) is 45.1 Å². The fraction of sp³-hybridized carbons (Fsp3) is 0.241. The van der Waals surface area contributed by atoms with Crippen LogP contribution in [-0.2, 0) is 21.2 Å². The monoisotopic (exact) mass is 533 g/mol. The third kappa shape index (κ3) is 6.23. The first-order valence-electron chi connectivity index (χ1n) is 12.3. The molecule has 4 rings (SSSR count). The molecule has 0 fully saturated rings. The van der Waals surface area contributed by atoms with Crippen molar-refractivity contribution < 1.29 is 22.7 Å². The Hall–Kier alpha value is -4.11. The van der Waals surface area contributed by atoms with E-state index in [9.17, 15) is 13.2 Å². The van der Waals surface area contributed by atoms with E-state index >= 15 is 0 Å². The summed E-state index contributed by atoms with van der Waals surface area (Å²) in [7, 11) is -3.98. The van der Waals surface area contributed by atoms with Gasteiger partial charge in [-0.3, -0.25) is 0 Å². The van der Waals surface area contributed by atoms with Crippen LogP contribution in [0.4, 0.5) is 4.79 Å². The van der Waals surface area contributed by atoms with E-state index in [0.29, 0.717) is 13.0 Å². The zero-order valence-electron chi connectivity index (χ0n) is 21.9. The normalized spacial score (nSPS) is 11.3. The molecule has 198 valence electrons. The first kappa shape index (κ1) is 26.9. The molecule has 0 aliphatic rings. The molecule has 1 heterocycles. The number of carbonyl (C=O) groups excluding carboxylic acids is 1. The van der Waals surface area contributed by atoms with Crippen molar-refractivity contribution in [2.45, 2.75) is 39.0 Å². The number of hydrogen-bond donors (Lipinski definition) is 1. The Bertz CT molecular complexity index is 1510. The number of nitrogens with zero attached hydrogens (tertiary/aromatic N) is 2.